The number of aryl methyl sites for hydroxylation is 1. The van der Waals surface area contributed by atoms with Gasteiger partial charge in [0.25, 0.3) is 0 Å². The Morgan fingerprint density at radius 2 is 2.06 bits per heavy atom. The van der Waals surface area contributed by atoms with Crippen molar-refractivity contribution < 1.29 is 4.39 Å². The van der Waals surface area contributed by atoms with Gasteiger partial charge in [-0.2, -0.15) is 0 Å². The third kappa shape index (κ3) is 1.83. The fourth-order valence-electron chi connectivity index (χ4n) is 1.69. The van der Waals surface area contributed by atoms with Gasteiger partial charge in [-0.15, -0.1) is 10.2 Å². The predicted octanol–water partition coefficient (Wildman–Crippen LogP) is 2.97. The quantitative estimate of drug-likeness (QED) is 0.777. The van der Waals surface area contributed by atoms with Gasteiger partial charge in [-0.1, -0.05) is 0 Å². The van der Waals surface area contributed by atoms with Gasteiger partial charge in [-0.25, -0.2) is 4.39 Å². The van der Waals surface area contributed by atoms with Crippen molar-refractivity contribution in [2.75, 3.05) is 0 Å². The number of hydrogen-bond acceptors (Lipinski definition) is 2. The number of hydrogen-bond donors (Lipinski definition) is 0. The van der Waals surface area contributed by atoms with Crippen molar-refractivity contribution in [3.63, 3.8) is 0 Å². The Morgan fingerprint density at radius 1 is 1.31 bits per heavy atom. The molecular weight excluding hydrogens is 205 g/mol. The first-order chi connectivity index (χ1) is 7.59. The summed E-state index contributed by atoms with van der Waals surface area (Å²) < 4.78 is 15.0. The molecule has 16 heavy (non-hydrogen) atoms. The molecule has 1 aromatic carbocycles. The van der Waals surface area contributed by atoms with E-state index in [0.29, 0.717) is 0 Å². The molecule has 0 saturated carbocycles. The van der Waals surface area contributed by atoms with Crippen molar-refractivity contribution in [1.29, 1.82) is 0 Å². The Morgan fingerprint density at radius 3 is 2.69 bits per heavy atom. The van der Waals surface area contributed by atoms with Gasteiger partial charge in [-0.05, 0) is 44.5 Å². The molecule has 0 unspecified atom stereocenters. The fraction of sp³-hybridized carbons (Fsp3) is 0.333. The van der Waals surface area contributed by atoms with Crippen LogP contribution in [-0.4, -0.2) is 14.8 Å². The van der Waals surface area contributed by atoms with Crippen molar-refractivity contribution in [3.05, 3.63) is 35.9 Å². The Bertz CT molecular complexity index is 503. The minimum Gasteiger partial charge on any atom is -0.311 e. The van der Waals surface area contributed by atoms with Gasteiger partial charge in [-0.3, -0.25) is 0 Å². The molecule has 0 aliphatic rings. The summed E-state index contributed by atoms with van der Waals surface area (Å²) >= 11 is 0. The maximum atomic E-state index is 13.0. The minimum absolute atomic E-state index is 0.225. The van der Waals surface area contributed by atoms with Crippen LogP contribution in [0.4, 0.5) is 4.39 Å². The van der Waals surface area contributed by atoms with E-state index in [1.54, 1.807) is 12.4 Å². The molecule has 3 nitrogen and oxygen atoms in total. The van der Waals surface area contributed by atoms with E-state index >= 15 is 0 Å². The van der Waals surface area contributed by atoms with Crippen LogP contribution >= 0.6 is 0 Å². The largest absolute Gasteiger partial charge is 0.311 e. The first-order valence-electron chi connectivity index (χ1n) is 5.25. The van der Waals surface area contributed by atoms with Crippen LogP contribution in [0.5, 0.6) is 0 Å². The van der Waals surface area contributed by atoms with E-state index < -0.39 is 0 Å². The molecule has 0 bridgehead atoms. The van der Waals surface area contributed by atoms with E-state index in [0.717, 1.165) is 17.0 Å². The Balaban J connectivity index is 2.54. The summed E-state index contributed by atoms with van der Waals surface area (Å²) in [6.07, 6.45) is 1.70. The molecule has 84 valence electrons. The first kappa shape index (κ1) is 10.8. The highest BCUT2D eigenvalue weighted by atomic mass is 19.1. The zero-order valence-corrected chi connectivity index (χ0v) is 9.61. The molecule has 0 spiro atoms. The summed E-state index contributed by atoms with van der Waals surface area (Å²) in [5.41, 5.74) is 1.79. The zero-order valence-electron chi connectivity index (χ0n) is 9.61. The highest BCUT2D eigenvalue weighted by molar-refractivity contribution is 5.60. The lowest BCUT2D eigenvalue weighted by Crippen LogP contribution is -2.02. The molecule has 0 amide bonds. The molecule has 1 heterocycles. The summed E-state index contributed by atoms with van der Waals surface area (Å²) in [7, 11) is 0. The van der Waals surface area contributed by atoms with Gasteiger partial charge in [0.15, 0.2) is 5.82 Å². The normalized spacial score (nSPS) is 11.1. The van der Waals surface area contributed by atoms with Crippen molar-refractivity contribution in [2.45, 2.75) is 26.8 Å². The molecule has 2 aromatic rings. The van der Waals surface area contributed by atoms with E-state index in [4.69, 9.17) is 0 Å². The highest BCUT2D eigenvalue weighted by Crippen LogP contribution is 2.23. The molecule has 4 heteroatoms. The molecular formula is C12H14FN3. The summed E-state index contributed by atoms with van der Waals surface area (Å²) in [6, 6.07) is 4.98. The number of rotatable bonds is 2. The van der Waals surface area contributed by atoms with Crippen molar-refractivity contribution >= 4 is 0 Å². The van der Waals surface area contributed by atoms with E-state index in [1.165, 1.54) is 12.1 Å². The van der Waals surface area contributed by atoms with Crippen LogP contribution in [0.15, 0.2) is 24.5 Å². The second-order valence-corrected chi connectivity index (χ2v) is 4.11. The predicted molar refractivity (Wildman–Crippen MR) is 60.5 cm³/mol. The zero-order chi connectivity index (χ0) is 11.7. The van der Waals surface area contributed by atoms with Gasteiger partial charge >= 0.3 is 0 Å². The molecule has 0 saturated heterocycles. The number of aromatic nitrogens is 3. The van der Waals surface area contributed by atoms with Crippen LogP contribution in [0.2, 0.25) is 0 Å². The SMILES string of the molecule is Cc1cc(F)ccc1-c1nncn1C(C)C. The lowest BCUT2D eigenvalue weighted by atomic mass is 10.1. The van der Waals surface area contributed by atoms with Gasteiger partial charge in [0.1, 0.15) is 12.1 Å². The standard InChI is InChI=1S/C12H14FN3/c1-8(2)16-7-14-15-12(16)11-5-4-10(13)6-9(11)3/h4-8H,1-3H3. The first-order valence-corrected chi connectivity index (χ1v) is 5.25. The summed E-state index contributed by atoms with van der Waals surface area (Å²) in [6.45, 7) is 6.00. The van der Waals surface area contributed by atoms with Crippen LogP contribution < -0.4 is 0 Å². The van der Waals surface area contributed by atoms with Gasteiger partial charge in [0.05, 0.1) is 0 Å². The average molecular weight is 219 g/mol. The Labute approximate surface area is 93.9 Å². The highest BCUT2D eigenvalue weighted by Gasteiger charge is 2.12. The molecule has 0 atom stereocenters. The number of halogens is 1. The maximum Gasteiger partial charge on any atom is 0.164 e. The second kappa shape index (κ2) is 4.04. The lowest BCUT2D eigenvalue weighted by molar-refractivity contribution is 0.603. The number of nitrogens with zero attached hydrogens (tertiary/aromatic N) is 3. The molecule has 0 radical (unpaired) electrons. The van der Waals surface area contributed by atoms with Gasteiger partial charge < -0.3 is 4.57 Å². The Kier molecular flexibility index (Phi) is 2.73. The van der Waals surface area contributed by atoms with Crippen LogP contribution in [0, 0.1) is 12.7 Å². The van der Waals surface area contributed by atoms with E-state index in [1.807, 2.05) is 11.5 Å². The van der Waals surface area contributed by atoms with Crippen LogP contribution in [0.1, 0.15) is 25.5 Å². The molecule has 0 aliphatic carbocycles. The van der Waals surface area contributed by atoms with E-state index in [2.05, 4.69) is 24.0 Å². The summed E-state index contributed by atoms with van der Waals surface area (Å²) in [4.78, 5) is 0. The Hall–Kier alpha value is -1.71. The van der Waals surface area contributed by atoms with Gasteiger partial charge in [0.2, 0.25) is 0 Å². The molecule has 0 aliphatic heterocycles. The monoisotopic (exact) mass is 219 g/mol. The third-order valence-electron chi connectivity index (χ3n) is 2.56. The molecule has 0 N–H and O–H groups in total. The van der Waals surface area contributed by atoms with Crippen LogP contribution in [-0.2, 0) is 0 Å². The lowest BCUT2D eigenvalue weighted by Gasteiger charge is -2.11. The van der Waals surface area contributed by atoms with Crippen LogP contribution in [0.25, 0.3) is 11.4 Å². The minimum atomic E-state index is -0.225. The topological polar surface area (TPSA) is 30.7 Å². The van der Waals surface area contributed by atoms with E-state index in [9.17, 15) is 4.39 Å². The second-order valence-electron chi connectivity index (χ2n) is 4.11. The maximum absolute atomic E-state index is 13.0. The summed E-state index contributed by atoms with van der Waals surface area (Å²) in [5.74, 6) is 0.560. The fourth-order valence-corrected chi connectivity index (χ4v) is 1.69. The van der Waals surface area contributed by atoms with E-state index in [-0.39, 0.29) is 11.9 Å². The molecule has 0 fully saturated rings. The van der Waals surface area contributed by atoms with Crippen molar-refractivity contribution in [2.24, 2.45) is 0 Å². The smallest absolute Gasteiger partial charge is 0.164 e. The van der Waals surface area contributed by atoms with Crippen molar-refractivity contribution in [3.8, 4) is 11.4 Å². The molecule has 1 aromatic heterocycles. The molecule has 2 rings (SSSR count). The number of benzene rings is 1. The summed E-state index contributed by atoms with van der Waals surface area (Å²) in [5, 5.41) is 7.99. The van der Waals surface area contributed by atoms with Crippen molar-refractivity contribution in [1.82, 2.24) is 14.8 Å². The van der Waals surface area contributed by atoms with Crippen LogP contribution in [0.3, 0.4) is 0 Å². The average Bonchev–Trinajstić information content (AvgIpc) is 2.66. The van der Waals surface area contributed by atoms with Gasteiger partial charge in [0, 0.05) is 11.6 Å². The third-order valence-corrected chi connectivity index (χ3v) is 2.56.